The van der Waals surface area contributed by atoms with Crippen molar-refractivity contribution in [1.82, 2.24) is 10.2 Å². The fourth-order valence-corrected chi connectivity index (χ4v) is 1.50. The van der Waals surface area contributed by atoms with Crippen molar-refractivity contribution in [3.05, 3.63) is 0 Å². The Bertz CT molecular complexity index is 231. The maximum absolute atomic E-state index is 11.7. The summed E-state index contributed by atoms with van der Waals surface area (Å²) in [5, 5.41) is 12.6. The molecule has 1 saturated carbocycles. The molecule has 0 aromatic carbocycles. The van der Waals surface area contributed by atoms with E-state index in [1.165, 1.54) is 0 Å². The maximum Gasteiger partial charge on any atom is 0.237 e. The van der Waals surface area contributed by atoms with Crippen molar-refractivity contribution in [1.29, 1.82) is 0 Å². The molecule has 0 aliphatic heterocycles. The zero-order valence-electron chi connectivity index (χ0n) is 10.1. The molecule has 0 aromatic rings. The molecule has 0 radical (unpaired) electrons. The first-order valence-corrected chi connectivity index (χ1v) is 5.52. The fourth-order valence-electron chi connectivity index (χ4n) is 1.50. The first kappa shape index (κ1) is 12.5. The van der Waals surface area contributed by atoms with Crippen LogP contribution in [0, 0.1) is 0 Å². The highest BCUT2D eigenvalue weighted by Gasteiger charge is 2.28. The van der Waals surface area contributed by atoms with Gasteiger partial charge in [-0.25, -0.2) is 0 Å². The van der Waals surface area contributed by atoms with E-state index in [1.807, 2.05) is 18.9 Å². The molecule has 1 rings (SSSR count). The van der Waals surface area contributed by atoms with Gasteiger partial charge in [0.1, 0.15) is 0 Å². The van der Waals surface area contributed by atoms with Crippen LogP contribution in [0.5, 0.6) is 0 Å². The van der Waals surface area contributed by atoms with Crippen molar-refractivity contribution in [3.63, 3.8) is 0 Å². The summed E-state index contributed by atoms with van der Waals surface area (Å²) in [6.45, 7) is 5.85. The first-order valence-electron chi connectivity index (χ1n) is 5.52. The van der Waals surface area contributed by atoms with E-state index in [1.54, 1.807) is 13.8 Å². The van der Waals surface area contributed by atoms with Crippen LogP contribution < -0.4 is 5.32 Å². The summed E-state index contributed by atoms with van der Waals surface area (Å²) in [4.78, 5) is 13.6. The Balaban J connectivity index is 2.36. The SMILES string of the molecule is CC(C(=O)NC1CC1)N(C)CC(C)(C)O. The number of nitrogens with one attached hydrogen (secondary N) is 1. The Morgan fingerprint density at radius 3 is 2.53 bits per heavy atom. The van der Waals surface area contributed by atoms with Crippen LogP contribution in [0.2, 0.25) is 0 Å². The third kappa shape index (κ3) is 4.62. The topological polar surface area (TPSA) is 52.6 Å². The molecule has 0 spiro atoms. The predicted molar refractivity (Wildman–Crippen MR) is 59.6 cm³/mol. The third-order valence-corrected chi connectivity index (χ3v) is 2.60. The maximum atomic E-state index is 11.7. The highest BCUT2D eigenvalue weighted by atomic mass is 16.3. The number of hydrogen-bond acceptors (Lipinski definition) is 3. The average Bonchev–Trinajstić information content (AvgIpc) is 2.83. The molecule has 0 heterocycles. The van der Waals surface area contributed by atoms with E-state index in [4.69, 9.17) is 0 Å². The number of aliphatic hydroxyl groups is 1. The van der Waals surface area contributed by atoms with E-state index in [9.17, 15) is 9.90 Å². The van der Waals surface area contributed by atoms with Crippen LogP contribution in [0.15, 0.2) is 0 Å². The number of rotatable bonds is 5. The zero-order valence-corrected chi connectivity index (χ0v) is 10.1. The molecular formula is C11H22N2O2. The lowest BCUT2D eigenvalue weighted by molar-refractivity contribution is -0.126. The summed E-state index contributed by atoms with van der Waals surface area (Å²) in [6.07, 6.45) is 2.21. The third-order valence-electron chi connectivity index (χ3n) is 2.60. The molecule has 1 aliphatic carbocycles. The van der Waals surface area contributed by atoms with Crippen LogP contribution in [0.1, 0.15) is 33.6 Å². The number of amides is 1. The van der Waals surface area contributed by atoms with Gasteiger partial charge in [-0.05, 0) is 40.7 Å². The molecule has 4 nitrogen and oxygen atoms in total. The Kier molecular flexibility index (Phi) is 3.73. The minimum atomic E-state index is -0.761. The van der Waals surface area contributed by atoms with Gasteiger partial charge in [0.25, 0.3) is 0 Å². The Labute approximate surface area is 91.6 Å². The van der Waals surface area contributed by atoms with Crippen LogP contribution in [0.25, 0.3) is 0 Å². The molecule has 1 fully saturated rings. The van der Waals surface area contributed by atoms with Crippen molar-refractivity contribution in [2.75, 3.05) is 13.6 Å². The molecule has 4 heteroatoms. The highest BCUT2D eigenvalue weighted by molar-refractivity contribution is 5.81. The molecule has 1 unspecified atom stereocenters. The number of hydrogen-bond donors (Lipinski definition) is 2. The van der Waals surface area contributed by atoms with Crippen molar-refractivity contribution >= 4 is 5.91 Å². The lowest BCUT2D eigenvalue weighted by Crippen LogP contribution is -2.48. The summed E-state index contributed by atoms with van der Waals surface area (Å²) in [6, 6.07) is 0.215. The Morgan fingerprint density at radius 1 is 1.60 bits per heavy atom. The van der Waals surface area contributed by atoms with Crippen LogP contribution in [0.4, 0.5) is 0 Å². The van der Waals surface area contributed by atoms with Crippen molar-refractivity contribution < 1.29 is 9.90 Å². The molecule has 0 saturated heterocycles. The standard InChI is InChI=1S/C11H22N2O2/c1-8(10(14)12-9-5-6-9)13(4)7-11(2,3)15/h8-9,15H,5-7H2,1-4H3,(H,12,14). The van der Waals surface area contributed by atoms with Crippen molar-refractivity contribution in [3.8, 4) is 0 Å². The molecule has 0 aromatic heterocycles. The predicted octanol–water partition coefficient (Wildman–Crippen LogP) is 0.356. The minimum Gasteiger partial charge on any atom is -0.389 e. The lowest BCUT2D eigenvalue weighted by Gasteiger charge is -2.29. The number of carbonyl (C=O) groups excluding carboxylic acids is 1. The summed E-state index contributed by atoms with van der Waals surface area (Å²) >= 11 is 0. The van der Waals surface area contributed by atoms with E-state index >= 15 is 0 Å². The van der Waals surface area contributed by atoms with E-state index < -0.39 is 5.60 Å². The lowest BCUT2D eigenvalue weighted by atomic mass is 10.1. The van der Waals surface area contributed by atoms with Gasteiger partial charge in [0.2, 0.25) is 5.91 Å². The Hall–Kier alpha value is -0.610. The van der Waals surface area contributed by atoms with Gasteiger partial charge in [-0.2, -0.15) is 0 Å². The second-order valence-corrected chi connectivity index (χ2v) is 5.19. The molecule has 2 N–H and O–H groups in total. The van der Waals surface area contributed by atoms with Gasteiger partial charge in [-0.1, -0.05) is 0 Å². The van der Waals surface area contributed by atoms with E-state index in [2.05, 4.69) is 5.32 Å². The monoisotopic (exact) mass is 214 g/mol. The minimum absolute atomic E-state index is 0.0595. The molecule has 1 atom stereocenters. The number of carbonyl (C=O) groups is 1. The van der Waals surface area contributed by atoms with Gasteiger partial charge >= 0.3 is 0 Å². The van der Waals surface area contributed by atoms with Crippen molar-refractivity contribution in [2.45, 2.75) is 51.3 Å². The zero-order chi connectivity index (χ0) is 11.6. The first-order chi connectivity index (χ1) is 6.79. The van der Waals surface area contributed by atoms with Gasteiger partial charge in [0, 0.05) is 12.6 Å². The molecule has 1 amide bonds. The quantitative estimate of drug-likeness (QED) is 0.694. The second-order valence-electron chi connectivity index (χ2n) is 5.19. The summed E-state index contributed by atoms with van der Waals surface area (Å²) in [5.41, 5.74) is -0.761. The van der Waals surface area contributed by atoms with Gasteiger partial charge < -0.3 is 10.4 Å². The van der Waals surface area contributed by atoms with E-state index in [0.29, 0.717) is 12.6 Å². The highest BCUT2D eigenvalue weighted by Crippen LogP contribution is 2.19. The van der Waals surface area contributed by atoms with Gasteiger partial charge in [-0.15, -0.1) is 0 Å². The summed E-state index contributed by atoms with van der Waals surface area (Å²) in [5.74, 6) is 0.0595. The largest absolute Gasteiger partial charge is 0.389 e. The fraction of sp³-hybridized carbons (Fsp3) is 0.909. The van der Waals surface area contributed by atoms with Crippen LogP contribution >= 0.6 is 0 Å². The van der Waals surface area contributed by atoms with Gasteiger partial charge in [0.05, 0.1) is 11.6 Å². The second kappa shape index (κ2) is 4.49. The van der Waals surface area contributed by atoms with E-state index in [-0.39, 0.29) is 11.9 Å². The molecule has 0 bridgehead atoms. The van der Waals surface area contributed by atoms with Crippen LogP contribution in [0.3, 0.4) is 0 Å². The van der Waals surface area contributed by atoms with E-state index in [0.717, 1.165) is 12.8 Å². The van der Waals surface area contributed by atoms with Crippen LogP contribution in [-0.4, -0.2) is 47.2 Å². The smallest absolute Gasteiger partial charge is 0.237 e. The molecule has 1 aliphatic rings. The average molecular weight is 214 g/mol. The molecule has 88 valence electrons. The van der Waals surface area contributed by atoms with Gasteiger partial charge in [-0.3, -0.25) is 9.69 Å². The summed E-state index contributed by atoms with van der Waals surface area (Å²) < 4.78 is 0. The van der Waals surface area contributed by atoms with Gasteiger partial charge in [0.15, 0.2) is 0 Å². The van der Waals surface area contributed by atoms with Crippen molar-refractivity contribution in [2.24, 2.45) is 0 Å². The molecular weight excluding hydrogens is 192 g/mol. The normalized spacial score (nSPS) is 19.1. The number of likely N-dealkylation sites (N-methyl/N-ethyl adjacent to an activating group) is 1. The Morgan fingerprint density at radius 2 is 2.13 bits per heavy atom. The van der Waals surface area contributed by atoms with Crippen LogP contribution in [-0.2, 0) is 4.79 Å². The molecule has 15 heavy (non-hydrogen) atoms. The summed E-state index contributed by atoms with van der Waals surface area (Å²) in [7, 11) is 1.86. The number of nitrogens with zero attached hydrogens (tertiary/aromatic N) is 1.